The van der Waals surface area contributed by atoms with Crippen LogP contribution in [0.15, 0.2) is 35.3 Å². The third-order valence-corrected chi connectivity index (χ3v) is 3.32. The van der Waals surface area contributed by atoms with Gasteiger partial charge in [-0.25, -0.2) is 4.99 Å². The topological polar surface area (TPSA) is 59.6 Å². The lowest BCUT2D eigenvalue weighted by atomic mass is 10.0. The Kier molecular flexibility index (Phi) is 4.59. The molecule has 1 aromatic rings. The molecule has 2 unspecified atom stereocenters. The summed E-state index contributed by atoms with van der Waals surface area (Å²) in [7, 11) is 0. The molecule has 0 spiro atoms. The molecule has 0 radical (unpaired) electrons. The summed E-state index contributed by atoms with van der Waals surface area (Å²) in [5, 5.41) is 3.24. The Balaban J connectivity index is 1.81. The number of rotatable bonds is 4. The maximum absolute atomic E-state index is 5.89. The highest BCUT2D eigenvalue weighted by Gasteiger charge is 2.22. The fourth-order valence-corrected chi connectivity index (χ4v) is 2.10. The first kappa shape index (κ1) is 12.9. The first-order valence-electron chi connectivity index (χ1n) is 6.44. The maximum atomic E-state index is 5.89. The molecular formula is C14H21N3O. The third kappa shape index (κ3) is 3.74. The van der Waals surface area contributed by atoms with Gasteiger partial charge in [-0.3, -0.25) is 0 Å². The van der Waals surface area contributed by atoms with Gasteiger partial charge in [0.25, 0.3) is 0 Å². The summed E-state index contributed by atoms with van der Waals surface area (Å²) in [6.07, 6.45) is 1.10. The summed E-state index contributed by atoms with van der Waals surface area (Å²) >= 11 is 0. The molecule has 1 fully saturated rings. The zero-order chi connectivity index (χ0) is 12.8. The van der Waals surface area contributed by atoms with E-state index in [1.807, 2.05) is 30.3 Å². The summed E-state index contributed by atoms with van der Waals surface area (Å²) in [6, 6.07) is 10.4. The van der Waals surface area contributed by atoms with E-state index in [9.17, 15) is 0 Å². The molecule has 2 atom stereocenters. The van der Waals surface area contributed by atoms with Crippen molar-refractivity contribution in [3.63, 3.8) is 0 Å². The molecule has 0 amide bonds. The fourth-order valence-electron chi connectivity index (χ4n) is 2.10. The van der Waals surface area contributed by atoms with E-state index < -0.39 is 0 Å². The highest BCUT2D eigenvalue weighted by molar-refractivity contribution is 5.78. The van der Waals surface area contributed by atoms with Gasteiger partial charge in [0.2, 0.25) is 0 Å². The van der Waals surface area contributed by atoms with Crippen LogP contribution in [0.4, 0.5) is 0 Å². The van der Waals surface area contributed by atoms with Crippen molar-refractivity contribution in [1.82, 2.24) is 5.32 Å². The van der Waals surface area contributed by atoms with E-state index in [1.165, 1.54) is 5.56 Å². The van der Waals surface area contributed by atoms with E-state index in [1.54, 1.807) is 0 Å². The van der Waals surface area contributed by atoms with Crippen LogP contribution >= 0.6 is 0 Å². The van der Waals surface area contributed by atoms with Crippen LogP contribution in [-0.2, 0) is 11.3 Å². The van der Waals surface area contributed by atoms with E-state index in [0.29, 0.717) is 24.5 Å². The molecule has 1 aliphatic heterocycles. The number of nitrogens with one attached hydrogen (secondary N) is 1. The van der Waals surface area contributed by atoms with Crippen LogP contribution in [0.1, 0.15) is 18.9 Å². The molecule has 4 nitrogen and oxygen atoms in total. The van der Waals surface area contributed by atoms with Crippen LogP contribution < -0.4 is 11.1 Å². The first-order chi connectivity index (χ1) is 8.75. The van der Waals surface area contributed by atoms with Gasteiger partial charge in [0.05, 0.1) is 13.2 Å². The summed E-state index contributed by atoms with van der Waals surface area (Å²) < 4.78 is 5.37. The number of guanidine groups is 1. The van der Waals surface area contributed by atoms with Gasteiger partial charge < -0.3 is 15.8 Å². The van der Waals surface area contributed by atoms with Gasteiger partial charge in [-0.1, -0.05) is 30.3 Å². The van der Waals surface area contributed by atoms with Crippen LogP contribution in [0.3, 0.4) is 0 Å². The van der Waals surface area contributed by atoms with Gasteiger partial charge in [0.15, 0.2) is 5.96 Å². The number of benzene rings is 1. The third-order valence-electron chi connectivity index (χ3n) is 3.32. The van der Waals surface area contributed by atoms with Crippen molar-refractivity contribution in [2.24, 2.45) is 16.6 Å². The van der Waals surface area contributed by atoms with Crippen molar-refractivity contribution >= 4 is 5.96 Å². The average Bonchev–Trinajstić information content (AvgIpc) is 2.91. The SMILES string of the molecule is CC(NC(N)=NCc1ccccc1)C1CCOC1. The standard InChI is InChI=1S/C14H21N3O/c1-11(13-7-8-18-10-13)17-14(15)16-9-12-5-3-2-4-6-12/h2-6,11,13H,7-10H2,1H3,(H3,15,16,17). The molecule has 1 aromatic carbocycles. The molecule has 0 aromatic heterocycles. The van der Waals surface area contributed by atoms with Crippen molar-refractivity contribution < 1.29 is 4.74 Å². The second-order valence-corrected chi connectivity index (χ2v) is 4.74. The molecule has 2 rings (SSSR count). The molecule has 98 valence electrons. The minimum atomic E-state index is 0.312. The number of hydrogen-bond acceptors (Lipinski definition) is 2. The predicted molar refractivity (Wildman–Crippen MR) is 73.3 cm³/mol. The Morgan fingerprint density at radius 3 is 2.94 bits per heavy atom. The molecule has 1 saturated heterocycles. The summed E-state index contributed by atoms with van der Waals surface area (Å²) in [5.74, 6) is 1.05. The summed E-state index contributed by atoms with van der Waals surface area (Å²) in [4.78, 5) is 4.35. The molecule has 1 aliphatic rings. The van der Waals surface area contributed by atoms with E-state index in [0.717, 1.165) is 19.6 Å². The van der Waals surface area contributed by atoms with Gasteiger partial charge in [-0.2, -0.15) is 0 Å². The molecule has 18 heavy (non-hydrogen) atoms. The predicted octanol–water partition coefficient (Wildman–Crippen LogP) is 1.52. The van der Waals surface area contributed by atoms with Gasteiger partial charge in [-0.15, -0.1) is 0 Å². The van der Waals surface area contributed by atoms with Crippen molar-refractivity contribution in [3.05, 3.63) is 35.9 Å². The van der Waals surface area contributed by atoms with Gasteiger partial charge >= 0.3 is 0 Å². The highest BCUT2D eigenvalue weighted by Crippen LogP contribution is 2.16. The van der Waals surface area contributed by atoms with Crippen molar-refractivity contribution in [3.8, 4) is 0 Å². The quantitative estimate of drug-likeness (QED) is 0.626. The van der Waals surface area contributed by atoms with Crippen LogP contribution in [0.5, 0.6) is 0 Å². The molecule has 0 saturated carbocycles. The number of nitrogens with two attached hydrogens (primary N) is 1. The molecular weight excluding hydrogens is 226 g/mol. The lowest BCUT2D eigenvalue weighted by Crippen LogP contribution is -2.42. The van der Waals surface area contributed by atoms with Gasteiger partial charge in [0, 0.05) is 18.6 Å². The lowest BCUT2D eigenvalue weighted by molar-refractivity contribution is 0.180. The summed E-state index contributed by atoms with van der Waals surface area (Å²) in [6.45, 7) is 4.43. The second-order valence-electron chi connectivity index (χ2n) is 4.74. The van der Waals surface area contributed by atoms with Crippen LogP contribution in [0.2, 0.25) is 0 Å². The molecule has 4 heteroatoms. The monoisotopic (exact) mass is 247 g/mol. The number of ether oxygens (including phenoxy) is 1. The zero-order valence-corrected chi connectivity index (χ0v) is 10.8. The highest BCUT2D eigenvalue weighted by atomic mass is 16.5. The van der Waals surface area contributed by atoms with Crippen LogP contribution in [0, 0.1) is 5.92 Å². The van der Waals surface area contributed by atoms with Gasteiger partial charge in [-0.05, 0) is 18.9 Å². The smallest absolute Gasteiger partial charge is 0.189 e. The maximum Gasteiger partial charge on any atom is 0.189 e. The first-order valence-corrected chi connectivity index (χ1v) is 6.44. The second kappa shape index (κ2) is 6.40. The number of hydrogen-bond donors (Lipinski definition) is 2. The van der Waals surface area contributed by atoms with Crippen LogP contribution in [-0.4, -0.2) is 25.2 Å². The molecule has 1 heterocycles. The Morgan fingerprint density at radius 1 is 1.50 bits per heavy atom. The van der Waals surface area contributed by atoms with E-state index in [4.69, 9.17) is 10.5 Å². The molecule has 3 N–H and O–H groups in total. The summed E-state index contributed by atoms with van der Waals surface area (Å²) in [5.41, 5.74) is 7.05. The Bertz CT molecular complexity index is 385. The van der Waals surface area contributed by atoms with E-state index in [2.05, 4.69) is 17.2 Å². The van der Waals surface area contributed by atoms with E-state index >= 15 is 0 Å². The molecule has 0 bridgehead atoms. The number of aliphatic imine (C=N–C) groups is 1. The Hall–Kier alpha value is -1.55. The Labute approximate surface area is 108 Å². The van der Waals surface area contributed by atoms with Gasteiger partial charge in [0.1, 0.15) is 0 Å². The number of nitrogens with zero attached hydrogens (tertiary/aromatic N) is 1. The minimum Gasteiger partial charge on any atom is -0.381 e. The largest absolute Gasteiger partial charge is 0.381 e. The Morgan fingerprint density at radius 2 is 2.28 bits per heavy atom. The zero-order valence-electron chi connectivity index (χ0n) is 10.8. The van der Waals surface area contributed by atoms with Crippen LogP contribution in [0.25, 0.3) is 0 Å². The van der Waals surface area contributed by atoms with E-state index in [-0.39, 0.29) is 0 Å². The minimum absolute atomic E-state index is 0.312. The lowest BCUT2D eigenvalue weighted by Gasteiger charge is -2.19. The normalized spacial score (nSPS) is 21.8. The van der Waals surface area contributed by atoms with Crippen molar-refractivity contribution in [2.75, 3.05) is 13.2 Å². The fraction of sp³-hybridized carbons (Fsp3) is 0.500. The van der Waals surface area contributed by atoms with Crippen molar-refractivity contribution in [1.29, 1.82) is 0 Å². The molecule has 0 aliphatic carbocycles. The average molecular weight is 247 g/mol. The van der Waals surface area contributed by atoms with Crippen molar-refractivity contribution in [2.45, 2.75) is 25.9 Å².